The minimum atomic E-state index is -0.576. The number of hydrogen-bond donors (Lipinski definition) is 2. The minimum Gasteiger partial charge on any atom is -0.379 e. The van der Waals surface area contributed by atoms with Crippen molar-refractivity contribution in [3.8, 4) is 0 Å². The lowest BCUT2D eigenvalue weighted by atomic mass is 9.85. The molecule has 2 rings (SSSR count). The molecular weight excluding hydrogens is 232 g/mol. The topological polar surface area (TPSA) is 73.6 Å². The standard InChI is InChI=1S/C13H24N2O3/c1-13(9-17-8-11(13)14)12(16)15-6-5-10-4-2-3-7-18-10/h10-11H,2-9,14H2,1H3,(H,15,16). The Labute approximate surface area is 108 Å². The van der Waals surface area contributed by atoms with Gasteiger partial charge in [0.05, 0.1) is 24.7 Å². The molecule has 1 amide bonds. The average molecular weight is 256 g/mol. The monoisotopic (exact) mass is 256 g/mol. The van der Waals surface area contributed by atoms with Gasteiger partial charge in [-0.15, -0.1) is 0 Å². The Morgan fingerprint density at radius 1 is 1.50 bits per heavy atom. The zero-order chi connectivity index (χ0) is 13.0. The van der Waals surface area contributed by atoms with Gasteiger partial charge in [0.25, 0.3) is 0 Å². The van der Waals surface area contributed by atoms with E-state index in [9.17, 15) is 4.79 Å². The Hall–Kier alpha value is -0.650. The van der Waals surface area contributed by atoms with Crippen molar-refractivity contribution in [1.29, 1.82) is 0 Å². The third-order valence-corrected chi connectivity index (χ3v) is 4.06. The SMILES string of the molecule is CC1(C(=O)NCCC2CCCCO2)COCC1N. The summed E-state index contributed by atoms with van der Waals surface area (Å²) >= 11 is 0. The van der Waals surface area contributed by atoms with Crippen molar-refractivity contribution in [1.82, 2.24) is 5.32 Å². The molecule has 5 nitrogen and oxygen atoms in total. The van der Waals surface area contributed by atoms with E-state index in [-0.39, 0.29) is 11.9 Å². The first-order valence-corrected chi connectivity index (χ1v) is 6.86. The zero-order valence-corrected chi connectivity index (χ0v) is 11.1. The van der Waals surface area contributed by atoms with Crippen LogP contribution in [0.4, 0.5) is 0 Å². The van der Waals surface area contributed by atoms with Gasteiger partial charge in [-0.05, 0) is 32.6 Å². The van der Waals surface area contributed by atoms with Crippen LogP contribution in [-0.4, -0.2) is 44.4 Å². The largest absolute Gasteiger partial charge is 0.379 e. The van der Waals surface area contributed by atoms with E-state index in [1.54, 1.807) is 0 Å². The van der Waals surface area contributed by atoms with E-state index in [2.05, 4.69) is 5.32 Å². The number of amides is 1. The van der Waals surface area contributed by atoms with Crippen molar-refractivity contribution in [2.75, 3.05) is 26.4 Å². The number of nitrogens with two attached hydrogens (primary N) is 1. The first-order chi connectivity index (χ1) is 8.63. The number of hydrogen-bond acceptors (Lipinski definition) is 4. The Morgan fingerprint density at radius 3 is 2.94 bits per heavy atom. The second-order valence-electron chi connectivity index (χ2n) is 5.57. The zero-order valence-electron chi connectivity index (χ0n) is 11.1. The molecule has 2 saturated heterocycles. The molecule has 3 N–H and O–H groups in total. The fourth-order valence-electron chi connectivity index (χ4n) is 2.51. The number of rotatable bonds is 4. The molecule has 5 heteroatoms. The molecule has 0 radical (unpaired) electrons. The lowest BCUT2D eigenvalue weighted by molar-refractivity contribution is -0.130. The van der Waals surface area contributed by atoms with Gasteiger partial charge in [-0.25, -0.2) is 0 Å². The molecule has 2 fully saturated rings. The maximum atomic E-state index is 12.1. The summed E-state index contributed by atoms with van der Waals surface area (Å²) in [7, 11) is 0. The van der Waals surface area contributed by atoms with Gasteiger partial charge in [-0.2, -0.15) is 0 Å². The summed E-state index contributed by atoms with van der Waals surface area (Å²) in [5.74, 6) is 0.00306. The number of nitrogens with one attached hydrogen (secondary N) is 1. The van der Waals surface area contributed by atoms with Crippen LogP contribution >= 0.6 is 0 Å². The molecule has 0 spiro atoms. The van der Waals surface area contributed by atoms with Gasteiger partial charge in [-0.1, -0.05) is 0 Å². The van der Waals surface area contributed by atoms with Crippen LogP contribution in [0.3, 0.4) is 0 Å². The van der Waals surface area contributed by atoms with Crippen LogP contribution in [0, 0.1) is 5.41 Å². The molecule has 3 unspecified atom stereocenters. The van der Waals surface area contributed by atoms with Gasteiger partial charge in [0.2, 0.25) is 5.91 Å². The van der Waals surface area contributed by atoms with Gasteiger partial charge in [0.15, 0.2) is 0 Å². The Bertz CT molecular complexity index is 292. The molecule has 2 aliphatic heterocycles. The van der Waals surface area contributed by atoms with E-state index >= 15 is 0 Å². The first kappa shape index (κ1) is 13.8. The van der Waals surface area contributed by atoms with Gasteiger partial charge in [0.1, 0.15) is 0 Å². The van der Waals surface area contributed by atoms with Crippen LogP contribution < -0.4 is 11.1 Å². The van der Waals surface area contributed by atoms with Crippen molar-refractivity contribution in [3.05, 3.63) is 0 Å². The van der Waals surface area contributed by atoms with Gasteiger partial charge < -0.3 is 20.5 Å². The van der Waals surface area contributed by atoms with E-state index in [4.69, 9.17) is 15.2 Å². The normalized spacial score (nSPS) is 36.6. The smallest absolute Gasteiger partial charge is 0.229 e. The molecule has 0 aromatic rings. The van der Waals surface area contributed by atoms with Crippen LogP contribution in [-0.2, 0) is 14.3 Å². The quantitative estimate of drug-likeness (QED) is 0.765. The third kappa shape index (κ3) is 3.02. The lowest BCUT2D eigenvalue weighted by Gasteiger charge is -2.27. The predicted octanol–water partition coefficient (Wildman–Crippen LogP) is 0.426. The first-order valence-electron chi connectivity index (χ1n) is 6.86. The highest BCUT2D eigenvalue weighted by Crippen LogP contribution is 2.27. The fourth-order valence-corrected chi connectivity index (χ4v) is 2.51. The van der Waals surface area contributed by atoms with Crippen molar-refractivity contribution < 1.29 is 14.3 Å². The molecule has 0 bridgehead atoms. The molecular formula is C13H24N2O3. The molecule has 18 heavy (non-hydrogen) atoms. The Morgan fingerprint density at radius 2 is 2.33 bits per heavy atom. The molecule has 2 aliphatic rings. The van der Waals surface area contributed by atoms with E-state index in [1.165, 1.54) is 6.42 Å². The second kappa shape index (κ2) is 5.99. The van der Waals surface area contributed by atoms with Crippen LogP contribution in [0.1, 0.15) is 32.6 Å². The summed E-state index contributed by atoms with van der Waals surface area (Å²) in [6.07, 6.45) is 4.69. The highest BCUT2D eigenvalue weighted by Gasteiger charge is 2.44. The molecule has 0 aliphatic carbocycles. The van der Waals surface area contributed by atoms with Crippen molar-refractivity contribution >= 4 is 5.91 Å². The Balaban J connectivity index is 1.71. The summed E-state index contributed by atoms with van der Waals surface area (Å²) in [4.78, 5) is 12.1. The lowest BCUT2D eigenvalue weighted by Crippen LogP contribution is -2.50. The van der Waals surface area contributed by atoms with Gasteiger partial charge in [-0.3, -0.25) is 4.79 Å². The molecule has 0 aromatic carbocycles. The highest BCUT2D eigenvalue weighted by molar-refractivity contribution is 5.83. The van der Waals surface area contributed by atoms with Gasteiger partial charge in [0, 0.05) is 19.2 Å². The van der Waals surface area contributed by atoms with Crippen LogP contribution in [0.2, 0.25) is 0 Å². The third-order valence-electron chi connectivity index (χ3n) is 4.06. The summed E-state index contributed by atoms with van der Waals surface area (Å²) in [6.45, 7) is 4.27. The minimum absolute atomic E-state index is 0.00306. The van der Waals surface area contributed by atoms with E-state index < -0.39 is 5.41 Å². The van der Waals surface area contributed by atoms with E-state index in [0.717, 1.165) is 25.9 Å². The van der Waals surface area contributed by atoms with Gasteiger partial charge >= 0.3 is 0 Å². The van der Waals surface area contributed by atoms with E-state index in [0.29, 0.717) is 25.9 Å². The summed E-state index contributed by atoms with van der Waals surface area (Å²) in [5.41, 5.74) is 5.34. The molecule has 104 valence electrons. The molecule has 3 atom stereocenters. The summed E-state index contributed by atoms with van der Waals surface area (Å²) < 4.78 is 10.9. The van der Waals surface area contributed by atoms with Crippen molar-refractivity contribution in [3.63, 3.8) is 0 Å². The van der Waals surface area contributed by atoms with Crippen molar-refractivity contribution in [2.24, 2.45) is 11.1 Å². The number of ether oxygens (including phenoxy) is 2. The summed E-state index contributed by atoms with van der Waals surface area (Å²) in [6, 6.07) is -0.205. The molecule has 2 heterocycles. The van der Waals surface area contributed by atoms with Crippen LogP contribution in [0.25, 0.3) is 0 Å². The number of carbonyl (C=O) groups is 1. The maximum absolute atomic E-state index is 12.1. The number of carbonyl (C=O) groups excluding carboxylic acids is 1. The second-order valence-corrected chi connectivity index (χ2v) is 5.57. The van der Waals surface area contributed by atoms with E-state index in [1.807, 2.05) is 6.92 Å². The fraction of sp³-hybridized carbons (Fsp3) is 0.923. The Kier molecular flexibility index (Phi) is 4.59. The maximum Gasteiger partial charge on any atom is 0.229 e. The highest BCUT2D eigenvalue weighted by atomic mass is 16.5. The molecule has 0 aromatic heterocycles. The van der Waals surface area contributed by atoms with Crippen LogP contribution in [0.5, 0.6) is 0 Å². The summed E-state index contributed by atoms with van der Waals surface area (Å²) in [5, 5.41) is 2.96. The van der Waals surface area contributed by atoms with Crippen LogP contribution in [0.15, 0.2) is 0 Å². The van der Waals surface area contributed by atoms with Crippen molar-refractivity contribution in [2.45, 2.75) is 44.8 Å². The predicted molar refractivity (Wildman–Crippen MR) is 68.1 cm³/mol. The molecule has 0 saturated carbocycles. The average Bonchev–Trinajstić information content (AvgIpc) is 2.72.